The molecule has 2 aliphatic carbocycles. The van der Waals surface area contributed by atoms with E-state index in [0.717, 1.165) is 48.4 Å². The van der Waals surface area contributed by atoms with E-state index in [-0.39, 0.29) is 5.91 Å². The molecular weight excluding hydrogens is 406 g/mol. The number of para-hydroxylation sites is 1. The zero-order valence-electron chi connectivity index (χ0n) is 17.9. The number of carbonyl (C=O) groups is 1. The number of rotatable bonds is 6. The molecule has 1 saturated carbocycles. The molecule has 1 aromatic carbocycles. The van der Waals surface area contributed by atoms with Gasteiger partial charge in [-0.15, -0.1) is 11.3 Å². The van der Waals surface area contributed by atoms with Crippen LogP contribution in [0.2, 0.25) is 0 Å². The number of aromatic nitrogens is 2. The molecule has 2 N–H and O–H groups in total. The molecule has 31 heavy (non-hydrogen) atoms. The van der Waals surface area contributed by atoms with E-state index in [2.05, 4.69) is 32.5 Å². The van der Waals surface area contributed by atoms with Crippen molar-refractivity contribution in [2.75, 3.05) is 24.2 Å². The number of hydrogen-bond acceptors (Lipinski definition) is 6. The van der Waals surface area contributed by atoms with Crippen LogP contribution in [0.15, 0.2) is 36.7 Å². The molecule has 0 spiro atoms. The Morgan fingerprint density at radius 1 is 1.13 bits per heavy atom. The summed E-state index contributed by atoms with van der Waals surface area (Å²) in [5, 5.41) is 7.97. The second-order valence-corrected chi connectivity index (χ2v) is 9.82. The average Bonchev–Trinajstić information content (AvgIpc) is 3.36. The van der Waals surface area contributed by atoms with Gasteiger partial charge in [0.25, 0.3) is 0 Å². The van der Waals surface area contributed by atoms with Gasteiger partial charge in [-0.05, 0) is 69.7 Å². The van der Waals surface area contributed by atoms with Gasteiger partial charge in [0, 0.05) is 22.6 Å². The molecule has 0 radical (unpaired) electrons. The number of anilines is 2. The molecule has 0 saturated heterocycles. The Morgan fingerprint density at radius 2 is 1.94 bits per heavy atom. The third kappa shape index (κ3) is 4.43. The van der Waals surface area contributed by atoms with Crippen LogP contribution in [-0.2, 0) is 17.6 Å². The quantitative estimate of drug-likeness (QED) is 0.598. The van der Waals surface area contributed by atoms with E-state index in [9.17, 15) is 4.79 Å². The third-order valence-electron chi connectivity index (χ3n) is 6.61. The number of thiophene rings is 1. The van der Waals surface area contributed by atoms with Crippen LogP contribution in [0.4, 0.5) is 11.5 Å². The van der Waals surface area contributed by atoms with Crippen LogP contribution in [0.3, 0.4) is 0 Å². The van der Waals surface area contributed by atoms with Crippen LogP contribution >= 0.6 is 11.3 Å². The normalized spacial score (nSPS) is 20.7. The number of aryl methyl sites for hydroxylation is 2. The smallest absolute Gasteiger partial charge is 0.238 e. The lowest BCUT2D eigenvalue weighted by molar-refractivity contribution is -0.117. The fourth-order valence-corrected chi connectivity index (χ4v) is 6.20. The number of likely N-dealkylation sites (N-methyl/N-ethyl adjacent to an activating group) is 1. The van der Waals surface area contributed by atoms with Crippen LogP contribution in [0, 0.1) is 0 Å². The molecule has 2 aromatic heterocycles. The molecule has 5 rings (SSSR count). The third-order valence-corrected chi connectivity index (χ3v) is 7.81. The molecule has 0 atom stereocenters. The molecular formula is C24H29N5OS. The molecule has 0 unspecified atom stereocenters. The lowest BCUT2D eigenvalue weighted by atomic mass is 9.90. The first-order valence-electron chi connectivity index (χ1n) is 11.2. The van der Waals surface area contributed by atoms with Crippen molar-refractivity contribution in [2.45, 2.75) is 57.0 Å². The van der Waals surface area contributed by atoms with E-state index in [1.807, 2.05) is 41.7 Å². The summed E-state index contributed by atoms with van der Waals surface area (Å²) < 4.78 is 0. The van der Waals surface area contributed by atoms with Gasteiger partial charge >= 0.3 is 0 Å². The predicted octanol–water partition coefficient (Wildman–Crippen LogP) is 4.47. The van der Waals surface area contributed by atoms with Gasteiger partial charge in [-0.25, -0.2) is 9.97 Å². The van der Waals surface area contributed by atoms with Crippen molar-refractivity contribution >= 4 is 39.0 Å². The largest absolute Gasteiger partial charge is 0.367 e. The Kier molecular flexibility index (Phi) is 5.87. The minimum absolute atomic E-state index is 0.0450. The second-order valence-electron chi connectivity index (χ2n) is 8.74. The van der Waals surface area contributed by atoms with Crippen molar-refractivity contribution < 1.29 is 4.79 Å². The van der Waals surface area contributed by atoms with E-state index in [1.165, 1.54) is 28.7 Å². The maximum atomic E-state index is 12.4. The number of amides is 1. The predicted molar refractivity (Wildman–Crippen MR) is 127 cm³/mol. The average molecular weight is 436 g/mol. The van der Waals surface area contributed by atoms with Crippen molar-refractivity contribution in [1.29, 1.82) is 0 Å². The molecule has 2 aliphatic rings. The fourth-order valence-electron chi connectivity index (χ4n) is 4.97. The Morgan fingerprint density at radius 3 is 2.74 bits per heavy atom. The summed E-state index contributed by atoms with van der Waals surface area (Å²) >= 11 is 1.84. The van der Waals surface area contributed by atoms with Crippen LogP contribution in [0.5, 0.6) is 0 Å². The van der Waals surface area contributed by atoms with Crippen LogP contribution in [-0.4, -0.2) is 46.5 Å². The highest BCUT2D eigenvalue weighted by molar-refractivity contribution is 7.19. The van der Waals surface area contributed by atoms with Crippen LogP contribution in [0.1, 0.15) is 42.5 Å². The summed E-state index contributed by atoms with van der Waals surface area (Å²) in [6, 6.07) is 10.5. The minimum Gasteiger partial charge on any atom is -0.367 e. The summed E-state index contributed by atoms with van der Waals surface area (Å²) in [6.07, 6.45) is 9.64. The van der Waals surface area contributed by atoms with Gasteiger partial charge in [-0.3, -0.25) is 9.69 Å². The molecule has 3 aromatic rings. The molecule has 0 bridgehead atoms. The molecule has 6 nitrogen and oxygen atoms in total. The van der Waals surface area contributed by atoms with E-state index < -0.39 is 0 Å². The number of carbonyl (C=O) groups excluding carboxylic acids is 1. The molecule has 2 heterocycles. The minimum atomic E-state index is 0.0450. The highest BCUT2D eigenvalue weighted by Gasteiger charge is 2.27. The zero-order valence-corrected chi connectivity index (χ0v) is 18.8. The van der Waals surface area contributed by atoms with Gasteiger partial charge in [0.15, 0.2) is 0 Å². The van der Waals surface area contributed by atoms with Gasteiger partial charge < -0.3 is 10.6 Å². The molecule has 1 amide bonds. The highest BCUT2D eigenvalue weighted by Crippen LogP contribution is 2.39. The topological polar surface area (TPSA) is 70.2 Å². The summed E-state index contributed by atoms with van der Waals surface area (Å²) in [5.41, 5.74) is 2.32. The summed E-state index contributed by atoms with van der Waals surface area (Å²) in [6.45, 7) is 0.422. The van der Waals surface area contributed by atoms with Crippen LogP contribution in [0.25, 0.3) is 10.2 Å². The maximum absolute atomic E-state index is 12.4. The Bertz CT molecular complexity index is 1060. The monoisotopic (exact) mass is 435 g/mol. The van der Waals surface area contributed by atoms with E-state index >= 15 is 0 Å². The first kappa shape index (κ1) is 20.4. The Balaban J connectivity index is 1.16. The van der Waals surface area contributed by atoms with Crippen molar-refractivity contribution in [3.63, 3.8) is 0 Å². The highest BCUT2D eigenvalue weighted by atomic mass is 32.1. The van der Waals surface area contributed by atoms with Gasteiger partial charge in [-0.1, -0.05) is 18.2 Å². The number of nitrogens with one attached hydrogen (secondary N) is 2. The van der Waals surface area contributed by atoms with Crippen LogP contribution < -0.4 is 10.6 Å². The van der Waals surface area contributed by atoms with Crippen molar-refractivity contribution in [1.82, 2.24) is 14.9 Å². The van der Waals surface area contributed by atoms with Crippen molar-refractivity contribution in [3.05, 3.63) is 47.1 Å². The van der Waals surface area contributed by atoms with E-state index in [4.69, 9.17) is 0 Å². The van der Waals surface area contributed by atoms with Crippen molar-refractivity contribution in [2.24, 2.45) is 0 Å². The molecule has 1 fully saturated rings. The van der Waals surface area contributed by atoms with Gasteiger partial charge in [0.05, 0.1) is 11.9 Å². The van der Waals surface area contributed by atoms with Gasteiger partial charge in [0.2, 0.25) is 5.91 Å². The van der Waals surface area contributed by atoms with Gasteiger partial charge in [0.1, 0.15) is 17.0 Å². The molecule has 7 heteroatoms. The Labute approximate surface area is 187 Å². The van der Waals surface area contributed by atoms with E-state index in [1.54, 1.807) is 6.33 Å². The molecule has 0 aliphatic heterocycles. The van der Waals surface area contributed by atoms with E-state index in [0.29, 0.717) is 18.6 Å². The number of benzene rings is 1. The number of hydrogen-bond donors (Lipinski definition) is 2. The summed E-state index contributed by atoms with van der Waals surface area (Å²) in [5.74, 6) is 1.06. The lowest BCUT2D eigenvalue weighted by Crippen LogP contribution is -2.42. The lowest BCUT2D eigenvalue weighted by Gasteiger charge is -2.34. The Hall–Kier alpha value is -2.51. The fraction of sp³-hybridized carbons (Fsp3) is 0.458. The first-order valence-corrected chi connectivity index (χ1v) is 12.1. The zero-order chi connectivity index (χ0) is 21.2. The number of fused-ring (bicyclic) bond motifs is 3. The second kappa shape index (κ2) is 8.93. The standard InChI is InChI=1S/C24H29N5OS/c1-29(14-21(30)27-16-6-3-2-4-7-16)18-12-10-17(11-13-18)28-23-22-19-8-5-9-20(19)31-24(22)26-15-25-23/h2-4,6-7,15,17-18H,5,8-14H2,1H3,(H,27,30)(H,25,26,28)/t17-,18-. The first-order chi connectivity index (χ1) is 15.2. The van der Waals surface area contributed by atoms with Gasteiger partial charge in [-0.2, -0.15) is 0 Å². The SMILES string of the molecule is CN(CC(=O)Nc1ccccc1)[C@H]1CC[C@H](Nc2ncnc3sc4c(c23)CCC4)CC1. The molecule has 162 valence electrons. The number of nitrogens with zero attached hydrogens (tertiary/aromatic N) is 3. The maximum Gasteiger partial charge on any atom is 0.238 e. The summed E-state index contributed by atoms with van der Waals surface area (Å²) in [7, 11) is 2.06. The van der Waals surface area contributed by atoms with Crippen molar-refractivity contribution in [3.8, 4) is 0 Å². The summed E-state index contributed by atoms with van der Waals surface area (Å²) in [4.78, 5) is 26.3.